The number of rotatable bonds is 7. The molecule has 3 rings (SSSR count). The van der Waals surface area contributed by atoms with Crippen LogP contribution in [0.15, 0.2) is 0 Å². The number of amides is 1. The molecule has 2 saturated carbocycles. The molecule has 24 heavy (non-hydrogen) atoms. The molecule has 0 spiro atoms. The second-order valence-electron chi connectivity index (χ2n) is 7.36. The van der Waals surface area contributed by atoms with Gasteiger partial charge in [-0.2, -0.15) is 0 Å². The predicted molar refractivity (Wildman–Crippen MR) is 96.7 cm³/mol. The monoisotopic (exact) mass is 379 g/mol. The maximum Gasteiger partial charge on any atom is 0.237 e. The van der Waals surface area contributed by atoms with Crippen LogP contribution in [-0.2, 0) is 14.8 Å². The van der Waals surface area contributed by atoms with Crippen molar-refractivity contribution < 1.29 is 13.2 Å². The zero-order chi connectivity index (χ0) is 16.3. The number of carbonyl (C=O) groups excluding carboxylic acids is 1. The van der Waals surface area contributed by atoms with Crippen molar-refractivity contribution in [3.63, 3.8) is 0 Å². The Kier molecular flexibility index (Phi) is 7.34. The van der Waals surface area contributed by atoms with Crippen LogP contribution in [0.1, 0.15) is 51.4 Å². The number of carbonyl (C=O) groups is 1. The quantitative estimate of drug-likeness (QED) is 0.619. The summed E-state index contributed by atoms with van der Waals surface area (Å²) in [6.45, 7) is 0.732. The van der Waals surface area contributed by atoms with Gasteiger partial charge in [-0.15, -0.1) is 12.4 Å². The Labute approximate surface area is 151 Å². The highest BCUT2D eigenvalue weighted by Gasteiger charge is 2.38. The third-order valence-corrected chi connectivity index (χ3v) is 7.01. The van der Waals surface area contributed by atoms with Crippen molar-refractivity contribution in [2.45, 2.75) is 63.5 Å². The molecular formula is C16H30ClN3O3S. The molecule has 0 aromatic heterocycles. The Morgan fingerprint density at radius 2 is 1.83 bits per heavy atom. The summed E-state index contributed by atoms with van der Waals surface area (Å²) in [7, 11) is -3.28. The lowest BCUT2D eigenvalue weighted by Crippen LogP contribution is -2.45. The molecule has 3 atom stereocenters. The van der Waals surface area contributed by atoms with Gasteiger partial charge in [0.2, 0.25) is 15.9 Å². The van der Waals surface area contributed by atoms with Gasteiger partial charge in [0.1, 0.15) is 0 Å². The van der Waals surface area contributed by atoms with Crippen LogP contribution in [0.4, 0.5) is 0 Å². The van der Waals surface area contributed by atoms with Crippen LogP contribution in [0, 0.1) is 11.8 Å². The van der Waals surface area contributed by atoms with Crippen molar-refractivity contribution in [3.05, 3.63) is 0 Å². The standard InChI is InChI=1S/C16H29N3O3S.ClH/c20-16(15-10-13-6-1-2-7-14(13)19-15)17-8-9-23(21,22)18-11-12-4-3-5-12;/h12-15,18-19H,1-11H2,(H,17,20);1H. The van der Waals surface area contributed by atoms with Crippen molar-refractivity contribution in [2.24, 2.45) is 11.8 Å². The Balaban J connectivity index is 0.00000208. The first-order chi connectivity index (χ1) is 11.0. The van der Waals surface area contributed by atoms with E-state index in [0.29, 0.717) is 24.4 Å². The zero-order valence-corrected chi connectivity index (χ0v) is 15.8. The highest BCUT2D eigenvalue weighted by Crippen LogP contribution is 2.33. The largest absolute Gasteiger partial charge is 0.354 e. The summed E-state index contributed by atoms with van der Waals surface area (Å²) in [5, 5.41) is 6.20. The SMILES string of the molecule is Cl.O=C(NCCS(=O)(=O)NCC1CCC1)C1CC2CCCCC2N1. The molecule has 0 radical (unpaired) electrons. The number of sulfonamides is 1. The van der Waals surface area contributed by atoms with Gasteiger partial charge in [-0.3, -0.25) is 4.79 Å². The Morgan fingerprint density at radius 1 is 1.08 bits per heavy atom. The molecule has 2 aliphatic carbocycles. The maximum atomic E-state index is 12.2. The Hall–Kier alpha value is -0.370. The second kappa shape index (κ2) is 8.83. The Bertz CT molecular complexity index is 511. The topological polar surface area (TPSA) is 87.3 Å². The fourth-order valence-corrected chi connectivity index (χ4v) is 4.97. The van der Waals surface area contributed by atoms with Crippen LogP contribution in [0.25, 0.3) is 0 Å². The van der Waals surface area contributed by atoms with Crippen LogP contribution < -0.4 is 15.4 Å². The highest BCUT2D eigenvalue weighted by molar-refractivity contribution is 7.89. The third-order valence-electron chi connectivity index (χ3n) is 5.67. The minimum Gasteiger partial charge on any atom is -0.354 e. The molecule has 0 aromatic carbocycles. The van der Waals surface area contributed by atoms with Gasteiger partial charge >= 0.3 is 0 Å². The van der Waals surface area contributed by atoms with Crippen LogP contribution >= 0.6 is 12.4 Å². The van der Waals surface area contributed by atoms with Crippen LogP contribution in [0.5, 0.6) is 0 Å². The smallest absolute Gasteiger partial charge is 0.237 e. The fourth-order valence-electron chi connectivity index (χ4n) is 3.97. The van der Waals surface area contributed by atoms with Crippen LogP contribution in [0.2, 0.25) is 0 Å². The van der Waals surface area contributed by atoms with E-state index in [9.17, 15) is 13.2 Å². The highest BCUT2D eigenvalue weighted by atomic mass is 35.5. The number of hydrogen-bond acceptors (Lipinski definition) is 4. The molecular weight excluding hydrogens is 350 g/mol. The molecule has 8 heteroatoms. The van der Waals surface area contributed by atoms with Crippen molar-refractivity contribution in [1.29, 1.82) is 0 Å². The lowest BCUT2D eigenvalue weighted by molar-refractivity contribution is -0.122. The van der Waals surface area contributed by atoms with Gasteiger partial charge in [0.05, 0.1) is 11.8 Å². The molecule has 6 nitrogen and oxygen atoms in total. The van der Waals surface area contributed by atoms with Crippen LogP contribution in [-0.4, -0.2) is 45.3 Å². The van der Waals surface area contributed by atoms with Gasteiger partial charge in [-0.25, -0.2) is 13.1 Å². The summed E-state index contributed by atoms with van der Waals surface area (Å²) < 4.78 is 26.5. The van der Waals surface area contributed by atoms with E-state index in [1.54, 1.807) is 0 Å². The van der Waals surface area contributed by atoms with Crippen molar-refractivity contribution in [1.82, 2.24) is 15.4 Å². The van der Waals surface area contributed by atoms with Crippen LogP contribution in [0.3, 0.4) is 0 Å². The first-order valence-electron chi connectivity index (χ1n) is 9.04. The number of hydrogen-bond donors (Lipinski definition) is 3. The summed E-state index contributed by atoms with van der Waals surface area (Å²) in [5.41, 5.74) is 0. The molecule has 0 bridgehead atoms. The summed E-state index contributed by atoms with van der Waals surface area (Å²) in [4.78, 5) is 12.2. The predicted octanol–water partition coefficient (Wildman–Crippen LogP) is 1.16. The van der Waals surface area contributed by atoms with Gasteiger partial charge in [-0.1, -0.05) is 19.3 Å². The van der Waals surface area contributed by atoms with E-state index in [2.05, 4.69) is 15.4 Å². The van der Waals surface area contributed by atoms with Gasteiger partial charge in [-0.05, 0) is 43.9 Å². The van der Waals surface area contributed by atoms with Crippen molar-refractivity contribution in [2.75, 3.05) is 18.8 Å². The van der Waals surface area contributed by atoms with Crippen molar-refractivity contribution >= 4 is 28.3 Å². The van der Waals surface area contributed by atoms with E-state index in [0.717, 1.165) is 25.7 Å². The van der Waals surface area contributed by atoms with E-state index >= 15 is 0 Å². The van der Waals surface area contributed by atoms with Gasteiger partial charge < -0.3 is 10.6 Å². The molecule has 0 aromatic rings. The Morgan fingerprint density at radius 3 is 2.50 bits per heavy atom. The summed E-state index contributed by atoms with van der Waals surface area (Å²) >= 11 is 0. The fraction of sp³-hybridized carbons (Fsp3) is 0.938. The number of halogens is 1. The van der Waals surface area contributed by atoms with E-state index in [-0.39, 0.29) is 36.7 Å². The third kappa shape index (κ3) is 5.31. The molecule has 3 aliphatic rings. The molecule has 1 heterocycles. The molecule has 140 valence electrons. The molecule has 3 unspecified atom stereocenters. The molecule has 3 fully saturated rings. The molecule has 1 amide bonds. The normalized spacial score (nSPS) is 30.1. The second-order valence-corrected chi connectivity index (χ2v) is 9.29. The number of nitrogens with one attached hydrogen (secondary N) is 3. The first kappa shape index (κ1) is 19.9. The van der Waals surface area contributed by atoms with E-state index in [1.807, 2.05) is 0 Å². The minimum absolute atomic E-state index is 0. The lowest BCUT2D eigenvalue weighted by Gasteiger charge is -2.25. The maximum absolute atomic E-state index is 12.2. The first-order valence-corrected chi connectivity index (χ1v) is 10.7. The average molecular weight is 380 g/mol. The average Bonchev–Trinajstić information content (AvgIpc) is 2.89. The summed E-state index contributed by atoms with van der Waals surface area (Å²) in [5.74, 6) is 1.04. The molecule has 3 N–H and O–H groups in total. The molecule has 1 aliphatic heterocycles. The number of fused-ring (bicyclic) bond motifs is 1. The lowest BCUT2D eigenvalue weighted by atomic mass is 9.85. The van der Waals surface area contributed by atoms with Gasteiger partial charge in [0.25, 0.3) is 0 Å². The van der Waals surface area contributed by atoms with E-state index < -0.39 is 10.0 Å². The van der Waals surface area contributed by atoms with Crippen molar-refractivity contribution in [3.8, 4) is 0 Å². The van der Waals surface area contributed by atoms with E-state index in [4.69, 9.17) is 0 Å². The van der Waals surface area contributed by atoms with Gasteiger partial charge in [0, 0.05) is 19.1 Å². The molecule has 1 saturated heterocycles. The van der Waals surface area contributed by atoms with E-state index in [1.165, 1.54) is 25.7 Å². The van der Waals surface area contributed by atoms with Gasteiger partial charge in [0.15, 0.2) is 0 Å². The minimum atomic E-state index is -3.28. The zero-order valence-electron chi connectivity index (χ0n) is 14.1. The summed E-state index contributed by atoms with van der Waals surface area (Å²) in [6, 6.07) is 0.334. The summed E-state index contributed by atoms with van der Waals surface area (Å²) in [6.07, 6.45) is 9.22.